The van der Waals surface area contributed by atoms with Crippen molar-refractivity contribution in [3.63, 3.8) is 0 Å². The summed E-state index contributed by atoms with van der Waals surface area (Å²) < 4.78 is 21.3. The highest BCUT2D eigenvalue weighted by molar-refractivity contribution is 5.92. The second-order valence-electron chi connectivity index (χ2n) is 6.93. The van der Waals surface area contributed by atoms with Crippen molar-refractivity contribution >= 4 is 18.1 Å². The van der Waals surface area contributed by atoms with Gasteiger partial charge in [0.2, 0.25) is 0 Å². The molecule has 0 atom stereocenters. The maximum Gasteiger partial charge on any atom is 0.343 e. The first-order chi connectivity index (χ1) is 16.0. The number of methoxy groups -OCH3 is 2. The maximum absolute atomic E-state index is 12.4. The molecule has 0 aliphatic rings. The third-order valence-electron chi connectivity index (χ3n) is 4.48. The molecule has 1 amide bonds. The molecule has 3 aromatic carbocycles. The number of carbonyl (C=O) groups excluding carboxylic acids is 2. The molecule has 0 spiro atoms. The molecule has 8 heteroatoms. The zero-order valence-corrected chi connectivity index (χ0v) is 18.5. The van der Waals surface area contributed by atoms with E-state index in [0.717, 1.165) is 5.56 Å². The number of amides is 1. The molecule has 3 aromatic rings. The molecule has 3 rings (SSSR count). The molecule has 0 radical (unpaired) electrons. The first kappa shape index (κ1) is 23.3. The van der Waals surface area contributed by atoms with E-state index in [1.165, 1.54) is 13.3 Å². The number of rotatable bonds is 9. The molecule has 170 valence electrons. The normalized spacial score (nSPS) is 10.5. The van der Waals surface area contributed by atoms with Crippen LogP contribution in [-0.2, 0) is 4.79 Å². The Morgan fingerprint density at radius 2 is 1.70 bits per heavy atom. The number of ether oxygens (including phenoxy) is 4. The van der Waals surface area contributed by atoms with Crippen LogP contribution in [0.3, 0.4) is 0 Å². The standard InChI is InChI=1S/C25H24N2O6/c1-17-5-4-6-21(13-17)32-16-24(28)27-26-15-18-7-12-22(23(14-18)31-3)33-25(29)19-8-10-20(30-2)11-9-19/h4-15H,16H2,1-3H3,(H,27,28). The Bertz CT molecular complexity index is 1140. The topological polar surface area (TPSA) is 95.5 Å². The molecule has 0 fully saturated rings. The van der Waals surface area contributed by atoms with Gasteiger partial charge in [-0.05, 0) is 72.6 Å². The van der Waals surface area contributed by atoms with Crippen molar-refractivity contribution in [2.24, 2.45) is 5.10 Å². The lowest BCUT2D eigenvalue weighted by molar-refractivity contribution is -0.123. The average Bonchev–Trinajstić information content (AvgIpc) is 2.83. The zero-order chi connectivity index (χ0) is 23.6. The fourth-order valence-electron chi connectivity index (χ4n) is 2.80. The molecular formula is C25H24N2O6. The van der Waals surface area contributed by atoms with Gasteiger partial charge in [-0.2, -0.15) is 5.10 Å². The molecule has 0 saturated carbocycles. The minimum Gasteiger partial charge on any atom is -0.497 e. The lowest BCUT2D eigenvalue weighted by Crippen LogP contribution is -2.24. The minimum atomic E-state index is -0.529. The molecule has 0 saturated heterocycles. The molecule has 0 aromatic heterocycles. The van der Waals surface area contributed by atoms with Crippen LogP contribution in [0.5, 0.6) is 23.0 Å². The van der Waals surface area contributed by atoms with Crippen LogP contribution < -0.4 is 24.4 Å². The highest BCUT2D eigenvalue weighted by Crippen LogP contribution is 2.28. The largest absolute Gasteiger partial charge is 0.497 e. The molecule has 0 heterocycles. The van der Waals surface area contributed by atoms with Gasteiger partial charge in [-0.3, -0.25) is 4.79 Å². The Hall–Kier alpha value is -4.33. The van der Waals surface area contributed by atoms with Crippen LogP contribution in [0.15, 0.2) is 71.8 Å². The number of hydrazone groups is 1. The molecular weight excluding hydrogens is 424 g/mol. The van der Waals surface area contributed by atoms with E-state index in [-0.39, 0.29) is 12.4 Å². The van der Waals surface area contributed by atoms with Gasteiger partial charge in [0.05, 0.1) is 26.0 Å². The first-order valence-corrected chi connectivity index (χ1v) is 10.0. The highest BCUT2D eigenvalue weighted by Gasteiger charge is 2.13. The summed E-state index contributed by atoms with van der Waals surface area (Å²) in [6, 6.07) is 18.9. The molecule has 8 nitrogen and oxygen atoms in total. The summed E-state index contributed by atoms with van der Waals surface area (Å²) in [5.74, 6) is 0.921. The quantitative estimate of drug-likeness (QED) is 0.232. The van der Waals surface area contributed by atoms with Gasteiger partial charge in [-0.15, -0.1) is 0 Å². The van der Waals surface area contributed by atoms with Crippen molar-refractivity contribution in [2.45, 2.75) is 6.92 Å². The van der Waals surface area contributed by atoms with Crippen molar-refractivity contribution in [3.05, 3.63) is 83.4 Å². The number of nitrogens with one attached hydrogen (secondary N) is 1. The van der Waals surface area contributed by atoms with Crippen molar-refractivity contribution in [3.8, 4) is 23.0 Å². The second kappa shape index (κ2) is 11.3. The van der Waals surface area contributed by atoms with E-state index < -0.39 is 11.9 Å². The number of benzene rings is 3. The van der Waals surface area contributed by atoms with Gasteiger partial charge in [0, 0.05) is 0 Å². The van der Waals surface area contributed by atoms with E-state index in [2.05, 4.69) is 10.5 Å². The van der Waals surface area contributed by atoms with Crippen LogP contribution in [0.1, 0.15) is 21.5 Å². The Kier molecular flexibility index (Phi) is 8.02. The van der Waals surface area contributed by atoms with Crippen LogP contribution in [0.2, 0.25) is 0 Å². The fourth-order valence-corrected chi connectivity index (χ4v) is 2.80. The molecule has 0 bridgehead atoms. The van der Waals surface area contributed by atoms with Crippen LogP contribution in [0, 0.1) is 6.92 Å². The number of esters is 1. The number of carbonyl (C=O) groups is 2. The van der Waals surface area contributed by atoms with Gasteiger partial charge in [-0.1, -0.05) is 12.1 Å². The molecule has 0 unspecified atom stereocenters. The summed E-state index contributed by atoms with van der Waals surface area (Å²) in [5.41, 5.74) is 4.45. The SMILES string of the molecule is COc1ccc(C(=O)Oc2ccc(C=NNC(=O)COc3cccc(C)c3)cc2OC)cc1. The second-order valence-corrected chi connectivity index (χ2v) is 6.93. The third kappa shape index (κ3) is 6.83. The van der Waals surface area contributed by atoms with Crippen molar-refractivity contribution < 1.29 is 28.5 Å². The predicted octanol–water partition coefficient (Wildman–Crippen LogP) is 3.76. The van der Waals surface area contributed by atoms with Gasteiger partial charge < -0.3 is 18.9 Å². The molecule has 0 aliphatic carbocycles. The van der Waals surface area contributed by atoms with Crippen molar-refractivity contribution in [2.75, 3.05) is 20.8 Å². The van der Waals surface area contributed by atoms with E-state index in [9.17, 15) is 9.59 Å². The summed E-state index contributed by atoms with van der Waals surface area (Å²) >= 11 is 0. The lowest BCUT2D eigenvalue weighted by Gasteiger charge is -2.10. The zero-order valence-electron chi connectivity index (χ0n) is 18.5. The number of hydrogen-bond donors (Lipinski definition) is 1. The van der Waals surface area contributed by atoms with Crippen LogP contribution in [0.25, 0.3) is 0 Å². The van der Waals surface area contributed by atoms with Gasteiger partial charge in [0.25, 0.3) is 5.91 Å². The van der Waals surface area contributed by atoms with Crippen LogP contribution in [-0.4, -0.2) is 38.9 Å². The van der Waals surface area contributed by atoms with Gasteiger partial charge in [-0.25, -0.2) is 10.2 Å². The van der Waals surface area contributed by atoms with Crippen LogP contribution in [0.4, 0.5) is 0 Å². The van der Waals surface area contributed by atoms with Crippen molar-refractivity contribution in [1.29, 1.82) is 0 Å². The van der Waals surface area contributed by atoms with E-state index in [0.29, 0.717) is 28.4 Å². The average molecular weight is 448 g/mol. The summed E-state index contributed by atoms with van der Waals surface area (Å²) in [4.78, 5) is 24.3. The smallest absolute Gasteiger partial charge is 0.343 e. The molecule has 1 N–H and O–H groups in total. The van der Waals surface area contributed by atoms with Gasteiger partial charge >= 0.3 is 5.97 Å². The Balaban J connectivity index is 1.56. The Labute approximate surface area is 191 Å². The lowest BCUT2D eigenvalue weighted by atomic mass is 10.2. The minimum absolute atomic E-state index is 0.162. The number of hydrogen-bond acceptors (Lipinski definition) is 7. The van der Waals surface area contributed by atoms with E-state index in [1.807, 2.05) is 25.1 Å². The Morgan fingerprint density at radius 1 is 0.909 bits per heavy atom. The monoisotopic (exact) mass is 448 g/mol. The molecule has 0 aliphatic heterocycles. The first-order valence-electron chi connectivity index (χ1n) is 10.0. The van der Waals surface area contributed by atoms with E-state index in [1.54, 1.807) is 55.6 Å². The van der Waals surface area contributed by atoms with Gasteiger partial charge in [0.15, 0.2) is 18.1 Å². The summed E-state index contributed by atoms with van der Waals surface area (Å²) in [6.45, 7) is 1.78. The molecule has 33 heavy (non-hydrogen) atoms. The number of aryl methyl sites for hydroxylation is 1. The fraction of sp³-hybridized carbons (Fsp3) is 0.160. The van der Waals surface area contributed by atoms with Crippen LogP contribution >= 0.6 is 0 Å². The van der Waals surface area contributed by atoms with Gasteiger partial charge in [0.1, 0.15) is 11.5 Å². The summed E-state index contributed by atoms with van der Waals surface area (Å²) in [6.07, 6.45) is 1.45. The highest BCUT2D eigenvalue weighted by atomic mass is 16.6. The summed E-state index contributed by atoms with van der Waals surface area (Å²) in [5, 5.41) is 3.92. The van der Waals surface area contributed by atoms with E-state index >= 15 is 0 Å². The maximum atomic E-state index is 12.4. The van der Waals surface area contributed by atoms with E-state index in [4.69, 9.17) is 18.9 Å². The third-order valence-corrected chi connectivity index (χ3v) is 4.48. The summed E-state index contributed by atoms with van der Waals surface area (Å²) in [7, 11) is 3.01. The predicted molar refractivity (Wildman–Crippen MR) is 123 cm³/mol. The van der Waals surface area contributed by atoms with Crippen molar-refractivity contribution in [1.82, 2.24) is 5.43 Å². The number of nitrogens with zero attached hydrogens (tertiary/aromatic N) is 1. The Morgan fingerprint density at radius 3 is 2.39 bits per heavy atom.